The van der Waals surface area contributed by atoms with Crippen molar-refractivity contribution in [1.82, 2.24) is 5.32 Å². The Labute approximate surface area is 102 Å². The molecule has 0 spiro atoms. The van der Waals surface area contributed by atoms with Gasteiger partial charge in [0, 0.05) is 5.54 Å². The van der Waals surface area contributed by atoms with E-state index < -0.39 is 0 Å². The zero-order valence-corrected chi connectivity index (χ0v) is 11.8. The van der Waals surface area contributed by atoms with Crippen LogP contribution in [0.25, 0.3) is 0 Å². The molecule has 0 heterocycles. The third-order valence-electron chi connectivity index (χ3n) is 2.83. The second-order valence-electron chi connectivity index (χ2n) is 5.10. The zero-order valence-electron chi connectivity index (χ0n) is 11.8. The average Bonchev–Trinajstić information content (AvgIpc) is 2.24. The van der Waals surface area contributed by atoms with Crippen LogP contribution in [-0.2, 0) is 0 Å². The highest BCUT2D eigenvalue weighted by Gasteiger charge is 2.19. The molecule has 0 saturated heterocycles. The van der Waals surface area contributed by atoms with Crippen LogP contribution >= 0.6 is 0 Å². The summed E-state index contributed by atoms with van der Waals surface area (Å²) in [5.74, 6) is 0. The molecule has 1 N–H and O–H groups in total. The van der Waals surface area contributed by atoms with Crippen LogP contribution in [0.5, 0.6) is 0 Å². The van der Waals surface area contributed by atoms with Crippen molar-refractivity contribution in [1.29, 1.82) is 0 Å². The first-order chi connectivity index (χ1) is 7.54. The van der Waals surface area contributed by atoms with E-state index in [-0.39, 0.29) is 5.54 Å². The summed E-state index contributed by atoms with van der Waals surface area (Å²) in [5, 5.41) is 3.56. The first-order valence-electron chi connectivity index (χ1n) is 6.60. The maximum atomic E-state index is 3.56. The normalized spacial score (nSPS) is 14.8. The Morgan fingerprint density at radius 2 is 1.94 bits per heavy atom. The minimum atomic E-state index is 0.221. The van der Waals surface area contributed by atoms with Gasteiger partial charge in [0.2, 0.25) is 0 Å². The molecule has 0 saturated carbocycles. The highest BCUT2D eigenvalue weighted by Crippen LogP contribution is 2.19. The molecule has 0 radical (unpaired) electrons. The van der Waals surface area contributed by atoms with Crippen LogP contribution in [0.15, 0.2) is 23.9 Å². The molecule has 0 bridgehead atoms. The van der Waals surface area contributed by atoms with Crippen molar-refractivity contribution in [3.8, 4) is 0 Å². The minimum absolute atomic E-state index is 0.221. The maximum Gasteiger partial charge on any atom is 0.0374 e. The minimum Gasteiger partial charge on any atom is -0.386 e. The molecule has 0 unspecified atom stereocenters. The molecule has 0 aliphatic carbocycles. The van der Waals surface area contributed by atoms with Gasteiger partial charge in [0.05, 0.1) is 0 Å². The van der Waals surface area contributed by atoms with Gasteiger partial charge in [-0.1, -0.05) is 44.4 Å². The van der Waals surface area contributed by atoms with Gasteiger partial charge in [0.1, 0.15) is 0 Å². The van der Waals surface area contributed by atoms with Crippen molar-refractivity contribution >= 4 is 0 Å². The van der Waals surface area contributed by atoms with E-state index in [0.717, 1.165) is 12.8 Å². The van der Waals surface area contributed by atoms with Crippen LogP contribution < -0.4 is 5.32 Å². The van der Waals surface area contributed by atoms with E-state index in [9.17, 15) is 0 Å². The highest BCUT2D eigenvalue weighted by atomic mass is 14.9. The lowest BCUT2D eigenvalue weighted by Crippen LogP contribution is -2.38. The first-order valence-corrected chi connectivity index (χ1v) is 6.60. The number of hydrogen-bond acceptors (Lipinski definition) is 1. The molecule has 0 aromatic carbocycles. The molecule has 0 aliphatic rings. The standard InChI is InChI=1S/C15H29N/c1-6-8-11-15(5,12-10-14(3)4)16-13-9-7-2/h9-10,13,16H,6-8,11-12H2,1-5H3/b13-9+/t15-/m0/s1. The van der Waals surface area contributed by atoms with Gasteiger partial charge in [-0.05, 0) is 46.2 Å². The van der Waals surface area contributed by atoms with E-state index in [2.05, 4.69) is 58.3 Å². The van der Waals surface area contributed by atoms with E-state index in [0.29, 0.717) is 0 Å². The van der Waals surface area contributed by atoms with Crippen LogP contribution in [0.1, 0.15) is 66.7 Å². The van der Waals surface area contributed by atoms with Gasteiger partial charge >= 0.3 is 0 Å². The molecule has 16 heavy (non-hydrogen) atoms. The number of rotatable bonds is 8. The molecular formula is C15H29N. The molecule has 0 fully saturated rings. The summed E-state index contributed by atoms with van der Waals surface area (Å²) in [6.45, 7) is 11.1. The molecule has 1 atom stereocenters. The number of unbranched alkanes of at least 4 members (excludes halogenated alkanes) is 1. The van der Waals surface area contributed by atoms with Crippen LogP contribution in [0.2, 0.25) is 0 Å². The Kier molecular flexibility index (Phi) is 8.05. The van der Waals surface area contributed by atoms with E-state index in [1.54, 1.807) is 0 Å². The Hall–Kier alpha value is -0.720. The van der Waals surface area contributed by atoms with Crippen LogP contribution in [0.3, 0.4) is 0 Å². The van der Waals surface area contributed by atoms with E-state index in [1.807, 2.05) is 0 Å². The third kappa shape index (κ3) is 7.56. The third-order valence-corrected chi connectivity index (χ3v) is 2.83. The molecule has 94 valence electrons. The lowest BCUT2D eigenvalue weighted by Gasteiger charge is -2.29. The summed E-state index contributed by atoms with van der Waals surface area (Å²) in [7, 11) is 0. The van der Waals surface area contributed by atoms with Gasteiger partial charge in [-0.25, -0.2) is 0 Å². The second-order valence-corrected chi connectivity index (χ2v) is 5.10. The predicted octanol–water partition coefficient (Wildman–Crippen LogP) is 4.80. The number of allylic oxidation sites excluding steroid dienone is 2. The molecule has 1 nitrogen and oxygen atoms in total. The van der Waals surface area contributed by atoms with Crippen molar-refractivity contribution in [3.63, 3.8) is 0 Å². The summed E-state index contributed by atoms with van der Waals surface area (Å²) >= 11 is 0. The first kappa shape index (κ1) is 15.3. The van der Waals surface area contributed by atoms with E-state index >= 15 is 0 Å². The van der Waals surface area contributed by atoms with Gasteiger partial charge < -0.3 is 5.32 Å². The zero-order chi connectivity index (χ0) is 12.4. The molecule has 0 aromatic rings. The smallest absolute Gasteiger partial charge is 0.0374 e. The van der Waals surface area contributed by atoms with Crippen LogP contribution in [0, 0.1) is 0 Å². The SMILES string of the molecule is CC/C=C/N[C@](C)(CC=C(C)C)CCCC. The van der Waals surface area contributed by atoms with Gasteiger partial charge in [-0.2, -0.15) is 0 Å². The van der Waals surface area contributed by atoms with Crippen molar-refractivity contribution in [2.45, 2.75) is 72.3 Å². The summed E-state index contributed by atoms with van der Waals surface area (Å²) in [6, 6.07) is 0. The molecule has 0 rings (SSSR count). The topological polar surface area (TPSA) is 12.0 Å². The van der Waals surface area contributed by atoms with Crippen molar-refractivity contribution in [3.05, 3.63) is 23.9 Å². The fraction of sp³-hybridized carbons (Fsp3) is 0.733. The Balaban J connectivity index is 4.34. The van der Waals surface area contributed by atoms with Crippen LogP contribution in [-0.4, -0.2) is 5.54 Å². The predicted molar refractivity (Wildman–Crippen MR) is 74.5 cm³/mol. The molecule has 0 amide bonds. The highest BCUT2D eigenvalue weighted by molar-refractivity contribution is 5.01. The maximum absolute atomic E-state index is 3.56. The second kappa shape index (κ2) is 8.43. The lowest BCUT2D eigenvalue weighted by molar-refractivity contribution is 0.362. The fourth-order valence-electron chi connectivity index (χ4n) is 1.61. The largest absolute Gasteiger partial charge is 0.386 e. The quantitative estimate of drug-likeness (QED) is 0.583. The summed E-state index contributed by atoms with van der Waals surface area (Å²) in [4.78, 5) is 0. The van der Waals surface area contributed by atoms with Crippen LogP contribution in [0.4, 0.5) is 0 Å². The van der Waals surface area contributed by atoms with Gasteiger partial charge in [0.25, 0.3) is 0 Å². The van der Waals surface area contributed by atoms with E-state index in [4.69, 9.17) is 0 Å². The van der Waals surface area contributed by atoms with Crippen molar-refractivity contribution < 1.29 is 0 Å². The van der Waals surface area contributed by atoms with Crippen molar-refractivity contribution in [2.24, 2.45) is 0 Å². The summed E-state index contributed by atoms with van der Waals surface area (Å²) in [5.41, 5.74) is 1.63. The van der Waals surface area contributed by atoms with E-state index in [1.165, 1.54) is 24.8 Å². The summed E-state index contributed by atoms with van der Waals surface area (Å²) < 4.78 is 0. The van der Waals surface area contributed by atoms with Gasteiger partial charge in [-0.3, -0.25) is 0 Å². The average molecular weight is 223 g/mol. The number of hydrogen-bond donors (Lipinski definition) is 1. The van der Waals surface area contributed by atoms with Gasteiger partial charge in [0.15, 0.2) is 0 Å². The molecular weight excluding hydrogens is 194 g/mol. The summed E-state index contributed by atoms with van der Waals surface area (Å²) in [6.07, 6.45) is 12.7. The molecule has 0 aromatic heterocycles. The molecule has 1 heteroatoms. The monoisotopic (exact) mass is 223 g/mol. The van der Waals surface area contributed by atoms with Gasteiger partial charge in [-0.15, -0.1) is 0 Å². The Morgan fingerprint density at radius 3 is 2.44 bits per heavy atom. The Morgan fingerprint density at radius 1 is 1.25 bits per heavy atom. The fourth-order valence-corrected chi connectivity index (χ4v) is 1.61. The Bertz CT molecular complexity index is 224. The van der Waals surface area contributed by atoms with Crippen molar-refractivity contribution in [2.75, 3.05) is 0 Å². The number of nitrogens with one attached hydrogen (secondary N) is 1. The molecule has 0 aliphatic heterocycles. The lowest BCUT2D eigenvalue weighted by atomic mass is 9.90.